The van der Waals surface area contributed by atoms with Crippen molar-refractivity contribution in [2.24, 2.45) is 10.1 Å². The van der Waals surface area contributed by atoms with Gasteiger partial charge in [-0.2, -0.15) is 0 Å². The van der Waals surface area contributed by atoms with Crippen molar-refractivity contribution in [3.8, 4) is 0 Å². The van der Waals surface area contributed by atoms with Gasteiger partial charge in [0.1, 0.15) is 0 Å². The van der Waals surface area contributed by atoms with Gasteiger partial charge in [0.25, 0.3) is 0 Å². The van der Waals surface area contributed by atoms with E-state index in [4.69, 9.17) is 5.14 Å². The molecule has 6 nitrogen and oxygen atoms in total. The number of aliphatic imine (C=N–C) groups is 1. The van der Waals surface area contributed by atoms with E-state index in [9.17, 15) is 8.42 Å². The molecule has 0 radical (unpaired) electrons. The predicted molar refractivity (Wildman–Crippen MR) is 104 cm³/mol. The van der Waals surface area contributed by atoms with Crippen LogP contribution >= 0.6 is 24.0 Å². The van der Waals surface area contributed by atoms with Gasteiger partial charge in [-0.05, 0) is 37.0 Å². The smallest absolute Gasteiger partial charge is 0.238 e. The molecule has 0 aromatic heterocycles. The lowest BCUT2D eigenvalue weighted by molar-refractivity contribution is 0.598. The Bertz CT molecular complexity index is 649. The lowest BCUT2D eigenvalue weighted by atomic mass is 10.1. The Labute approximate surface area is 154 Å². The van der Waals surface area contributed by atoms with Crippen LogP contribution in [0.5, 0.6) is 0 Å². The summed E-state index contributed by atoms with van der Waals surface area (Å²) in [5.41, 5.74) is 1.04. The molecular weight excluding hydrogens is 427 g/mol. The molecule has 4 N–H and O–H groups in total. The van der Waals surface area contributed by atoms with Gasteiger partial charge in [0, 0.05) is 19.6 Å². The van der Waals surface area contributed by atoms with Gasteiger partial charge in [-0.3, -0.25) is 4.99 Å². The number of benzene rings is 1. The Kier molecular flexibility index (Phi) is 8.00. The van der Waals surface area contributed by atoms with Gasteiger partial charge < -0.3 is 10.6 Å². The van der Waals surface area contributed by atoms with Crippen molar-refractivity contribution in [1.82, 2.24) is 10.6 Å². The van der Waals surface area contributed by atoms with Gasteiger partial charge in [-0.15, -0.1) is 24.0 Å². The fraction of sp³-hybridized carbons (Fsp3) is 0.400. The zero-order valence-electron chi connectivity index (χ0n) is 13.0. The molecule has 0 unspecified atom stereocenters. The largest absolute Gasteiger partial charge is 0.356 e. The molecule has 0 atom stereocenters. The van der Waals surface area contributed by atoms with E-state index in [0.717, 1.165) is 30.8 Å². The highest BCUT2D eigenvalue weighted by molar-refractivity contribution is 14.0. The molecule has 23 heavy (non-hydrogen) atoms. The van der Waals surface area contributed by atoms with Gasteiger partial charge in [0.2, 0.25) is 10.0 Å². The van der Waals surface area contributed by atoms with Crippen molar-refractivity contribution in [3.05, 3.63) is 42.0 Å². The average Bonchev–Trinajstić information content (AvgIpc) is 2.99. The van der Waals surface area contributed by atoms with Crippen molar-refractivity contribution < 1.29 is 8.42 Å². The second-order valence-electron chi connectivity index (χ2n) is 5.22. The lowest BCUT2D eigenvalue weighted by Crippen LogP contribution is -2.43. The van der Waals surface area contributed by atoms with Gasteiger partial charge in [0.15, 0.2) is 5.96 Å². The monoisotopic (exact) mass is 450 g/mol. The Morgan fingerprint density at radius 2 is 1.87 bits per heavy atom. The molecule has 128 valence electrons. The Hall–Kier alpha value is -1.13. The highest BCUT2D eigenvalue weighted by Crippen LogP contribution is 2.10. The van der Waals surface area contributed by atoms with E-state index >= 15 is 0 Å². The first-order chi connectivity index (χ1) is 10.5. The molecule has 0 aliphatic heterocycles. The summed E-state index contributed by atoms with van der Waals surface area (Å²) in [5, 5.41) is 11.7. The SMILES string of the molecule is CN=C(NCCc1ccc(S(N)(=O)=O)cc1)NC1CC=CC1.I. The summed E-state index contributed by atoms with van der Waals surface area (Å²) in [5.74, 6) is 0.787. The van der Waals surface area contributed by atoms with Crippen LogP contribution in [0.3, 0.4) is 0 Å². The molecule has 1 aliphatic rings. The number of hydrogen-bond acceptors (Lipinski definition) is 3. The van der Waals surface area contributed by atoms with Crippen molar-refractivity contribution in [2.75, 3.05) is 13.6 Å². The number of halogens is 1. The van der Waals surface area contributed by atoms with Gasteiger partial charge >= 0.3 is 0 Å². The van der Waals surface area contributed by atoms with Crippen molar-refractivity contribution in [1.29, 1.82) is 0 Å². The van der Waals surface area contributed by atoms with Crippen LogP contribution in [-0.4, -0.2) is 34.0 Å². The van der Waals surface area contributed by atoms with Gasteiger partial charge in [-0.1, -0.05) is 24.3 Å². The van der Waals surface area contributed by atoms with Crippen LogP contribution < -0.4 is 15.8 Å². The quantitative estimate of drug-likeness (QED) is 0.273. The molecule has 1 aromatic carbocycles. The molecule has 1 aromatic rings. The minimum Gasteiger partial charge on any atom is -0.356 e. The number of nitrogens with one attached hydrogen (secondary N) is 2. The molecule has 0 heterocycles. The number of guanidine groups is 1. The second kappa shape index (κ2) is 9.24. The third-order valence-corrected chi connectivity index (χ3v) is 4.46. The summed E-state index contributed by atoms with van der Waals surface area (Å²) in [6, 6.07) is 7.03. The van der Waals surface area contributed by atoms with Gasteiger partial charge in [-0.25, -0.2) is 13.6 Å². The van der Waals surface area contributed by atoms with E-state index in [2.05, 4.69) is 27.8 Å². The molecule has 2 rings (SSSR count). The Morgan fingerprint density at radius 1 is 1.26 bits per heavy atom. The topological polar surface area (TPSA) is 96.6 Å². The summed E-state index contributed by atoms with van der Waals surface area (Å²) in [4.78, 5) is 4.33. The maximum Gasteiger partial charge on any atom is 0.238 e. The van der Waals surface area contributed by atoms with Crippen LogP contribution in [0.1, 0.15) is 18.4 Å². The lowest BCUT2D eigenvalue weighted by Gasteiger charge is -2.16. The van der Waals surface area contributed by atoms with Crippen molar-refractivity contribution in [2.45, 2.75) is 30.2 Å². The Morgan fingerprint density at radius 3 is 2.39 bits per heavy atom. The fourth-order valence-corrected chi connectivity index (χ4v) is 2.81. The zero-order valence-corrected chi connectivity index (χ0v) is 16.2. The number of nitrogens with zero attached hydrogens (tertiary/aromatic N) is 1. The molecule has 0 bridgehead atoms. The molecule has 0 fully saturated rings. The highest BCUT2D eigenvalue weighted by Gasteiger charge is 2.11. The van der Waals surface area contributed by atoms with Crippen LogP contribution in [0.25, 0.3) is 0 Å². The summed E-state index contributed by atoms with van der Waals surface area (Å²) < 4.78 is 22.4. The summed E-state index contributed by atoms with van der Waals surface area (Å²) in [6.45, 7) is 0.717. The van der Waals surface area contributed by atoms with Crippen LogP contribution in [0.15, 0.2) is 46.3 Å². The van der Waals surface area contributed by atoms with E-state index in [1.807, 2.05) is 0 Å². The van der Waals surface area contributed by atoms with E-state index < -0.39 is 10.0 Å². The maximum absolute atomic E-state index is 11.2. The molecule has 8 heteroatoms. The number of nitrogens with two attached hydrogens (primary N) is 1. The molecule has 0 spiro atoms. The zero-order chi connectivity index (χ0) is 16.0. The summed E-state index contributed by atoms with van der Waals surface area (Å²) in [6.07, 6.45) is 7.15. The highest BCUT2D eigenvalue weighted by atomic mass is 127. The number of rotatable bonds is 5. The fourth-order valence-electron chi connectivity index (χ4n) is 2.29. The number of sulfonamides is 1. The molecule has 0 saturated heterocycles. The standard InChI is InChI=1S/C15H22N4O2S.HI/c1-17-15(19-13-4-2-3-5-13)18-11-10-12-6-8-14(9-7-12)22(16,20)21;/h2-3,6-9,13H,4-5,10-11H2,1H3,(H2,16,20,21)(H2,17,18,19);1H. The first-order valence-electron chi connectivity index (χ1n) is 7.23. The van der Waals surface area contributed by atoms with E-state index in [0.29, 0.717) is 12.6 Å². The predicted octanol–water partition coefficient (Wildman–Crippen LogP) is 1.38. The van der Waals surface area contributed by atoms with E-state index in [1.165, 1.54) is 12.1 Å². The molecular formula is C15H23IN4O2S. The van der Waals surface area contributed by atoms with Crippen molar-refractivity contribution >= 4 is 40.0 Å². The van der Waals surface area contributed by atoms with E-state index in [-0.39, 0.29) is 28.9 Å². The van der Waals surface area contributed by atoms with Gasteiger partial charge in [0.05, 0.1) is 4.90 Å². The molecule has 0 saturated carbocycles. The first kappa shape index (κ1) is 19.9. The van der Waals surface area contributed by atoms with Crippen LogP contribution in [0.4, 0.5) is 0 Å². The minimum absolute atomic E-state index is 0. The number of hydrogen-bond donors (Lipinski definition) is 3. The van der Waals surface area contributed by atoms with Crippen LogP contribution in [0, 0.1) is 0 Å². The third-order valence-electron chi connectivity index (χ3n) is 3.53. The first-order valence-corrected chi connectivity index (χ1v) is 8.77. The summed E-state index contributed by atoms with van der Waals surface area (Å²) >= 11 is 0. The van der Waals surface area contributed by atoms with Crippen LogP contribution in [0.2, 0.25) is 0 Å². The second-order valence-corrected chi connectivity index (χ2v) is 6.78. The minimum atomic E-state index is -3.62. The summed E-state index contributed by atoms with van der Waals surface area (Å²) in [7, 11) is -1.87. The van der Waals surface area contributed by atoms with Crippen molar-refractivity contribution in [3.63, 3.8) is 0 Å². The molecule has 1 aliphatic carbocycles. The maximum atomic E-state index is 11.2. The third kappa shape index (κ3) is 6.48. The molecule has 0 amide bonds. The number of primary sulfonamides is 1. The normalized spacial score (nSPS) is 15.3. The average molecular weight is 450 g/mol. The van der Waals surface area contributed by atoms with Crippen LogP contribution in [-0.2, 0) is 16.4 Å². The van der Waals surface area contributed by atoms with E-state index in [1.54, 1.807) is 19.2 Å². The Balaban J connectivity index is 0.00000264.